The van der Waals surface area contributed by atoms with Gasteiger partial charge in [-0.25, -0.2) is 0 Å². The normalized spacial score (nSPS) is 13.9. The smallest absolute Gasteiger partial charge is 0.804 e. The van der Waals surface area contributed by atoms with Crippen LogP contribution in [0, 0.1) is 0 Å². The zero-order valence-electron chi connectivity index (χ0n) is 16.8. The molecule has 3 N–H and O–H groups in total. The van der Waals surface area contributed by atoms with E-state index in [0.717, 1.165) is 30.8 Å². The van der Waals surface area contributed by atoms with Crippen molar-refractivity contribution in [3.8, 4) is 11.1 Å². The Morgan fingerprint density at radius 1 is 0.828 bits per heavy atom. The standard InChI is InChI=1S/C14H8N2.C8H19N4.Rh/c15-13-11-7-3-1-5-9(11)10-6-2-4-8-12(10)14(13)16;1-7(9)5-11-3-4-12-6-8(2)10;/h1-8H;7-11H,3-6H2,1-2H3;/q-2;-3;+2/t;7-,8-;/m.1./s1. The van der Waals surface area contributed by atoms with Crippen molar-refractivity contribution in [2.24, 2.45) is 0 Å². The second-order valence-corrected chi connectivity index (χ2v) is 6.92. The van der Waals surface area contributed by atoms with Gasteiger partial charge in [0.05, 0.1) is 0 Å². The molecule has 2 atom stereocenters. The van der Waals surface area contributed by atoms with Gasteiger partial charge in [0.2, 0.25) is 0 Å². The molecule has 0 aromatic heterocycles. The van der Waals surface area contributed by atoms with Crippen LogP contribution in [0.1, 0.15) is 25.0 Å². The number of nitrogens with one attached hydrogen (secondary N) is 3. The molecular formula is C22H27N6Rh-3. The molecule has 6 nitrogen and oxygen atoms in total. The molecule has 7 heteroatoms. The molecule has 29 heavy (non-hydrogen) atoms. The van der Waals surface area contributed by atoms with Crippen LogP contribution in [0.2, 0.25) is 0 Å². The number of fused-ring (bicyclic) bond motifs is 3. The zero-order valence-corrected chi connectivity index (χ0v) is 18.4. The van der Waals surface area contributed by atoms with Crippen LogP contribution in [0.4, 0.5) is 0 Å². The Morgan fingerprint density at radius 2 is 1.28 bits per heavy atom. The molecule has 0 saturated carbocycles. The molecule has 2 aromatic carbocycles. The number of rotatable bonds is 7. The Bertz CT molecular complexity index is 736. The molecule has 157 valence electrons. The third-order valence-electron chi connectivity index (χ3n) is 4.18. The summed E-state index contributed by atoms with van der Waals surface area (Å²) in [5, 5.41) is 27.1. The summed E-state index contributed by atoms with van der Waals surface area (Å²) in [6.45, 7) is 6.63. The first-order valence-corrected chi connectivity index (χ1v) is 9.49. The summed E-state index contributed by atoms with van der Waals surface area (Å²) in [6.07, 6.45) is 0. The van der Waals surface area contributed by atoms with E-state index in [1.807, 2.05) is 50.2 Å². The summed E-state index contributed by atoms with van der Waals surface area (Å²) < 4.78 is 0. The van der Waals surface area contributed by atoms with Gasteiger partial charge in [0.1, 0.15) is 0 Å². The van der Waals surface area contributed by atoms with Crippen molar-refractivity contribution in [3.63, 3.8) is 0 Å². The van der Waals surface area contributed by atoms with E-state index in [4.69, 9.17) is 11.5 Å². The van der Waals surface area contributed by atoms with Crippen LogP contribution in [-0.4, -0.2) is 49.7 Å². The molecule has 0 aliphatic heterocycles. The van der Waals surface area contributed by atoms with Gasteiger partial charge < -0.3 is 32.9 Å². The van der Waals surface area contributed by atoms with Crippen molar-refractivity contribution < 1.29 is 19.5 Å². The Hall–Kier alpha value is -1.76. The second kappa shape index (κ2) is 12.7. The molecule has 0 amide bonds. The molecule has 0 bridgehead atoms. The van der Waals surface area contributed by atoms with Crippen LogP contribution in [0.15, 0.2) is 48.5 Å². The van der Waals surface area contributed by atoms with Crippen molar-refractivity contribution in [2.75, 3.05) is 26.2 Å². The minimum Gasteiger partial charge on any atom is -0.804 e. The fourth-order valence-electron chi connectivity index (χ4n) is 2.87. The van der Waals surface area contributed by atoms with E-state index in [9.17, 15) is 10.8 Å². The topological polar surface area (TPSA) is 118 Å². The quantitative estimate of drug-likeness (QED) is 0.442. The van der Waals surface area contributed by atoms with Gasteiger partial charge in [-0.3, -0.25) is 0 Å². The van der Waals surface area contributed by atoms with Crippen LogP contribution >= 0.6 is 0 Å². The first-order chi connectivity index (χ1) is 13.4. The number of nitrogens with zero attached hydrogens (tertiary/aromatic N) is 3. The first-order valence-electron chi connectivity index (χ1n) is 9.49. The molecule has 0 heterocycles. The summed E-state index contributed by atoms with van der Waals surface area (Å²) in [7, 11) is 0. The molecule has 0 spiro atoms. The average molecular weight is 478 g/mol. The van der Waals surface area contributed by atoms with Crippen molar-refractivity contribution in [2.45, 2.75) is 25.9 Å². The Balaban J connectivity index is 0.000000295. The van der Waals surface area contributed by atoms with Gasteiger partial charge >= 0.3 is 19.5 Å². The molecule has 0 unspecified atom stereocenters. The van der Waals surface area contributed by atoms with E-state index in [1.54, 1.807) is 12.1 Å². The van der Waals surface area contributed by atoms with Gasteiger partial charge in [0, 0.05) is 0 Å². The Morgan fingerprint density at radius 3 is 1.69 bits per heavy atom. The number of hydrogen-bond donors (Lipinski definition) is 1. The van der Waals surface area contributed by atoms with E-state index < -0.39 is 0 Å². The van der Waals surface area contributed by atoms with Crippen LogP contribution < -0.4 is 5.32 Å². The van der Waals surface area contributed by atoms with Gasteiger partial charge in [-0.05, 0) is 35.3 Å². The van der Waals surface area contributed by atoms with Crippen LogP contribution in [0.5, 0.6) is 0 Å². The molecule has 3 rings (SSSR count). The monoisotopic (exact) mass is 478 g/mol. The summed E-state index contributed by atoms with van der Waals surface area (Å²) in [4.78, 5) is 0. The van der Waals surface area contributed by atoms with Crippen molar-refractivity contribution in [3.05, 3.63) is 87.3 Å². The maximum atomic E-state index is 9.91. The van der Waals surface area contributed by atoms with Crippen LogP contribution in [0.25, 0.3) is 38.7 Å². The number of hydrogen-bond acceptors (Lipinski definition) is 1. The van der Waals surface area contributed by atoms with Gasteiger partial charge in [-0.2, -0.15) is 24.0 Å². The Kier molecular flexibility index (Phi) is 11.1. The second-order valence-electron chi connectivity index (χ2n) is 6.92. The SMILES string of the molecule is C[C@@H]([NH-])C[N-]CCNC[C@@H](C)[NH-].[N-]=C1C(=[N-])c2ccccc2-c2ccccc21.[Rh+2]. The largest absolute Gasteiger partial charge is 2.00 e. The molecule has 1 aliphatic carbocycles. The van der Waals surface area contributed by atoms with Gasteiger partial charge in [-0.15, -0.1) is 12.6 Å². The van der Waals surface area contributed by atoms with Gasteiger partial charge in [0.25, 0.3) is 0 Å². The van der Waals surface area contributed by atoms with E-state index in [-0.39, 0.29) is 43.0 Å². The maximum absolute atomic E-state index is 9.91. The van der Waals surface area contributed by atoms with E-state index >= 15 is 0 Å². The third-order valence-corrected chi connectivity index (χ3v) is 4.18. The fraction of sp³-hybridized carbons (Fsp3) is 0.364. The minimum absolute atomic E-state index is 0. The van der Waals surface area contributed by atoms with E-state index in [1.165, 1.54) is 0 Å². The average Bonchev–Trinajstić information content (AvgIpc) is 2.69. The van der Waals surface area contributed by atoms with Gasteiger partial charge in [0.15, 0.2) is 0 Å². The minimum atomic E-state index is -0.0832. The molecule has 1 radical (unpaired) electrons. The summed E-state index contributed by atoms with van der Waals surface area (Å²) >= 11 is 0. The first kappa shape index (κ1) is 25.3. The van der Waals surface area contributed by atoms with E-state index in [0.29, 0.717) is 17.7 Å². The molecular weight excluding hydrogens is 451 g/mol. The zero-order chi connectivity index (χ0) is 20.5. The third kappa shape index (κ3) is 7.54. The van der Waals surface area contributed by atoms with Crippen molar-refractivity contribution in [1.82, 2.24) is 5.32 Å². The summed E-state index contributed by atoms with van der Waals surface area (Å²) in [5.74, 6) is 0. The molecule has 2 aromatic rings. The number of benzene rings is 2. The Labute approximate surface area is 186 Å². The van der Waals surface area contributed by atoms with E-state index in [2.05, 4.69) is 10.6 Å². The molecule has 0 fully saturated rings. The molecule has 0 saturated heterocycles. The summed E-state index contributed by atoms with van der Waals surface area (Å²) in [6, 6.07) is 14.9. The van der Waals surface area contributed by atoms with Crippen molar-refractivity contribution in [1.29, 1.82) is 0 Å². The maximum Gasteiger partial charge on any atom is 2.00 e. The fourth-order valence-corrected chi connectivity index (χ4v) is 2.87. The predicted molar refractivity (Wildman–Crippen MR) is 120 cm³/mol. The van der Waals surface area contributed by atoms with Gasteiger partial charge in [-0.1, -0.05) is 62.4 Å². The molecule has 1 aliphatic rings. The predicted octanol–water partition coefficient (Wildman–Crippen LogP) is 4.91. The van der Waals surface area contributed by atoms with Crippen LogP contribution in [0.3, 0.4) is 0 Å². The summed E-state index contributed by atoms with van der Waals surface area (Å²) in [5.41, 5.74) is 17.6. The van der Waals surface area contributed by atoms with Crippen molar-refractivity contribution >= 4 is 11.4 Å². The van der Waals surface area contributed by atoms with Crippen LogP contribution in [-0.2, 0) is 19.5 Å².